The predicted molar refractivity (Wildman–Crippen MR) is 85.2 cm³/mol. The zero-order chi connectivity index (χ0) is 15.6. The summed E-state index contributed by atoms with van der Waals surface area (Å²) in [6.45, 7) is 20.2. The minimum Gasteiger partial charge on any atom is -0.330 e. The molecule has 111 valence electrons. The van der Waals surface area contributed by atoms with Gasteiger partial charge in [0.1, 0.15) is 0 Å². The lowest BCUT2D eigenvalue weighted by Gasteiger charge is -2.48. The van der Waals surface area contributed by atoms with Gasteiger partial charge in [-0.25, -0.2) is 0 Å². The Morgan fingerprint density at radius 1 is 0.944 bits per heavy atom. The van der Waals surface area contributed by atoms with Gasteiger partial charge in [0.15, 0.2) is 0 Å². The minimum atomic E-state index is -0.347. The van der Waals surface area contributed by atoms with E-state index in [-0.39, 0.29) is 16.5 Å². The van der Waals surface area contributed by atoms with Crippen molar-refractivity contribution in [3.8, 4) is 0 Å². The van der Waals surface area contributed by atoms with Crippen molar-refractivity contribution in [2.45, 2.75) is 66.5 Å². The van der Waals surface area contributed by atoms with E-state index in [4.69, 9.17) is 17.2 Å². The van der Waals surface area contributed by atoms with Crippen molar-refractivity contribution < 1.29 is 0 Å². The quantitative estimate of drug-likeness (QED) is 0.666. The van der Waals surface area contributed by atoms with Crippen molar-refractivity contribution in [3.63, 3.8) is 0 Å². The van der Waals surface area contributed by atoms with E-state index in [9.17, 15) is 0 Å². The van der Waals surface area contributed by atoms with Gasteiger partial charge in [-0.05, 0) is 46.1 Å². The molecule has 0 aliphatic heterocycles. The molecule has 0 heterocycles. The summed E-state index contributed by atoms with van der Waals surface area (Å²) in [7, 11) is 0. The summed E-state index contributed by atoms with van der Waals surface area (Å²) in [6.07, 6.45) is 3.65. The summed E-state index contributed by atoms with van der Waals surface area (Å²) in [6, 6.07) is 0. The largest absolute Gasteiger partial charge is 0.330 e. The van der Waals surface area contributed by atoms with E-state index in [2.05, 4.69) is 27.4 Å². The van der Waals surface area contributed by atoms with Crippen LogP contribution in [0.3, 0.4) is 0 Å². The van der Waals surface area contributed by atoms with Crippen LogP contribution in [0.1, 0.15) is 55.4 Å². The number of allylic oxidation sites excluding steroid dienone is 1. The Morgan fingerprint density at radius 2 is 1.17 bits per heavy atom. The number of hydrogen-bond acceptors (Lipinski definition) is 3. The van der Waals surface area contributed by atoms with E-state index in [1.54, 1.807) is 6.08 Å². The Bertz CT molecular complexity index is 177. The van der Waals surface area contributed by atoms with Crippen LogP contribution in [-0.2, 0) is 0 Å². The van der Waals surface area contributed by atoms with Gasteiger partial charge in [0.05, 0.1) is 0 Å². The number of hydrogen-bond donors (Lipinski definition) is 3. The molecule has 0 aromatic carbocycles. The van der Waals surface area contributed by atoms with Gasteiger partial charge in [-0.3, -0.25) is 0 Å². The zero-order valence-corrected chi connectivity index (χ0v) is 13.8. The van der Waals surface area contributed by atoms with Gasteiger partial charge >= 0.3 is 0 Å². The lowest BCUT2D eigenvalue weighted by atomic mass is 9.66. The van der Waals surface area contributed by atoms with E-state index in [0.717, 1.165) is 0 Å². The SMILES string of the molecule is C=CC.CC(C)(C)C(C)(N)C(C)(C)N.C[CH]CN. The van der Waals surface area contributed by atoms with Crippen LogP contribution in [0.2, 0.25) is 0 Å². The Balaban J connectivity index is -0.000000266. The maximum atomic E-state index is 6.15. The maximum absolute atomic E-state index is 6.15. The Kier molecular flexibility index (Phi) is 12.1. The second kappa shape index (κ2) is 9.54. The first-order valence-electron chi connectivity index (χ1n) is 6.46. The summed E-state index contributed by atoms with van der Waals surface area (Å²) in [5, 5.41) is 0. The average Bonchev–Trinajstić information content (AvgIpc) is 2.16. The first kappa shape index (κ1) is 22.8. The monoisotopic (exact) mass is 258 g/mol. The molecule has 6 N–H and O–H groups in total. The van der Waals surface area contributed by atoms with Crippen LogP contribution >= 0.6 is 0 Å². The van der Waals surface area contributed by atoms with Gasteiger partial charge in [-0.1, -0.05) is 33.8 Å². The molecule has 0 fully saturated rings. The molecule has 18 heavy (non-hydrogen) atoms. The highest BCUT2D eigenvalue weighted by Crippen LogP contribution is 2.34. The molecule has 0 saturated carbocycles. The molecule has 1 atom stereocenters. The highest BCUT2D eigenvalue weighted by atomic mass is 14.9. The van der Waals surface area contributed by atoms with Crippen LogP contribution in [0.4, 0.5) is 0 Å². The standard InChI is InChI=1S/C9H22N2.C3H8N.C3H6/c1-7(2,3)9(6,11)8(4,5)10;1-2-3-4;1-3-2/h10-11H2,1-6H3;2H,3-4H2,1H3;3H,1H2,2H3. The third-order valence-corrected chi connectivity index (χ3v) is 3.13. The Labute approximate surface area is 115 Å². The number of rotatable bonds is 2. The van der Waals surface area contributed by atoms with Crippen molar-refractivity contribution >= 4 is 0 Å². The molecule has 0 rings (SSSR count). The molecular weight excluding hydrogens is 222 g/mol. The average molecular weight is 258 g/mol. The summed E-state index contributed by atoms with van der Waals surface area (Å²) in [4.78, 5) is 0. The van der Waals surface area contributed by atoms with Crippen LogP contribution in [0.15, 0.2) is 12.7 Å². The van der Waals surface area contributed by atoms with Gasteiger partial charge in [0, 0.05) is 11.1 Å². The Morgan fingerprint density at radius 3 is 1.17 bits per heavy atom. The van der Waals surface area contributed by atoms with Crippen LogP contribution in [-0.4, -0.2) is 17.6 Å². The molecule has 0 saturated heterocycles. The molecule has 3 nitrogen and oxygen atoms in total. The van der Waals surface area contributed by atoms with E-state index in [1.165, 1.54) is 0 Å². The maximum Gasteiger partial charge on any atom is 0.0351 e. The van der Waals surface area contributed by atoms with Crippen molar-refractivity contribution in [2.75, 3.05) is 6.54 Å². The van der Waals surface area contributed by atoms with Crippen molar-refractivity contribution in [2.24, 2.45) is 22.6 Å². The molecule has 0 spiro atoms. The second-order valence-corrected chi connectivity index (χ2v) is 6.23. The Hall–Kier alpha value is -0.380. The van der Waals surface area contributed by atoms with E-state index < -0.39 is 0 Å². The van der Waals surface area contributed by atoms with Gasteiger partial charge in [-0.2, -0.15) is 0 Å². The van der Waals surface area contributed by atoms with Crippen molar-refractivity contribution in [1.82, 2.24) is 0 Å². The van der Waals surface area contributed by atoms with Crippen molar-refractivity contribution in [3.05, 3.63) is 19.1 Å². The van der Waals surface area contributed by atoms with Gasteiger partial charge in [0.25, 0.3) is 0 Å². The fourth-order valence-electron chi connectivity index (χ4n) is 0.967. The molecule has 0 aliphatic rings. The van der Waals surface area contributed by atoms with E-state index >= 15 is 0 Å². The summed E-state index contributed by atoms with van der Waals surface area (Å²) in [5.41, 5.74) is 16.4. The smallest absolute Gasteiger partial charge is 0.0351 e. The van der Waals surface area contributed by atoms with Gasteiger partial charge in [0.2, 0.25) is 0 Å². The predicted octanol–water partition coefficient (Wildman–Crippen LogP) is 2.85. The molecule has 0 aliphatic carbocycles. The number of nitrogens with two attached hydrogens (primary N) is 3. The summed E-state index contributed by atoms with van der Waals surface area (Å²) in [5.74, 6) is 0. The van der Waals surface area contributed by atoms with Crippen LogP contribution in [0.5, 0.6) is 0 Å². The van der Waals surface area contributed by atoms with Crippen LogP contribution < -0.4 is 17.2 Å². The molecule has 1 radical (unpaired) electrons. The minimum absolute atomic E-state index is 0.0330. The normalized spacial score (nSPS) is 14.4. The first-order valence-corrected chi connectivity index (χ1v) is 6.46. The summed E-state index contributed by atoms with van der Waals surface area (Å²) >= 11 is 0. The molecule has 1 unspecified atom stereocenters. The lowest BCUT2D eigenvalue weighted by Crippen LogP contribution is -2.67. The highest BCUT2D eigenvalue weighted by Gasteiger charge is 2.43. The molecule has 0 amide bonds. The van der Waals surface area contributed by atoms with Crippen molar-refractivity contribution in [1.29, 1.82) is 0 Å². The van der Waals surface area contributed by atoms with Crippen LogP contribution in [0, 0.1) is 11.8 Å². The molecule has 3 heteroatoms. The molecule has 0 bridgehead atoms. The molecule has 0 aromatic heterocycles. The molecule has 0 aromatic rings. The third kappa shape index (κ3) is 9.63. The van der Waals surface area contributed by atoms with E-state index in [1.807, 2.05) is 41.0 Å². The highest BCUT2D eigenvalue weighted by molar-refractivity contribution is 5.05. The van der Waals surface area contributed by atoms with E-state index in [0.29, 0.717) is 6.54 Å². The fourth-order valence-corrected chi connectivity index (χ4v) is 0.967. The topological polar surface area (TPSA) is 78.1 Å². The zero-order valence-electron chi connectivity index (χ0n) is 13.8. The van der Waals surface area contributed by atoms with Gasteiger partial charge in [-0.15, -0.1) is 6.58 Å². The summed E-state index contributed by atoms with van der Waals surface area (Å²) < 4.78 is 0. The first-order chi connectivity index (χ1) is 7.83. The second-order valence-electron chi connectivity index (χ2n) is 6.23. The lowest BCUT2D eigenvalue weighted by molar-refractivity contribution is 0.124. The third-order valence-electron chi connectivity index (χ3n) is 3.13. The van der Waals surface area contributed by atoms with Crippen LogP contribution in [0.25, 0.3) is 0 Å². The van der Waals surface area contributed by atoms with Gasteiger partial charge < -0.3 is 17.2 Å². The fraction of sp³-hybridized carbons (Fsp3) is 0.800. The molecular formula is C15H36N3.